The lowest BCUT2D eigenvalue weighted by atomic mass is 10.2. The molecule has 3 nitrogen and oxygen atoms in total. The average molecular weight is 258 g/mol. The highest BCUT2D eigenvalue weighted by molar-refractivity contribution is 5.47. The number of benzene rings is 1. The Hall–Kier alpha value is -1.74. The Labute approximate surface area is 115 Å². The minimum Gasteiger partial charge on any atom is -0.467 e. The molecule has 0 amide bonds. The van der Waals surface area contributed by atoms with Crippen LogP contribution in [0.5, 0.6) is 0 Å². The van der Waals surface area contributed by atoms with Gasteiger partial charge >= 0.3 is 0 Å². The van der Waals surface area contributed by atoms with E-state index < -0.39 is 0 Å². The van der Waals surface area contributed by atoms with Crippen molar-refractivity contribution >= 4 is 5.69 Å². The highest BCUT2D eigenvalue weighted by Crippen LogP contribution is 2.20. The van der Waals surface area contributed by atoms with Gasteiger partial charge in [-0.1, -0.05) is 17.7 Å². The molecule has 0 unspecified atom stereocenters. The zero-order valence-electron chi connectivity index (χ0n) is 11.9. The minimum atomic E-state index is 0.809. The van der Waals surface area contributed by atoms with Crippen molar-refractivity contribution in [1.29, 1.82) is 0 Å². The van der Waals surface area contributed by atoms with Gasteiger partial charge in [0.15, 0.2) is 0 Å². The third-order valence-corrected chi connectivity index (χ3v) is 3.32. The Balaban J connectivity index is 2.14. The summed E-state index contributed by atoms with van der Waals surface area (Å²) in [5.74, 6) is 1.04. The molecule has 0 bridgehead atoms. The molecule has 0 saturated carbocycles. The molecule has 19 heavy (non-hydrogen) atoms. The van der Waals surface area contributed by atoms with Crippen LogP contribution in [0, 0.1) is 6.92 Å². The summed E-state index contributed by atoms with van der Waals surface area (Å²) in [6, 6.07) is 10.7. The molecule has 3 heteroatoms. The first-order chi connectivity index (χ1) is 9.24. The van der Waals surface area contributed by atoms with Gasteiger partial charge in [0.2, 0.25) is 0 Å². The molecule has 0 aliphatic rings. The molecule has 1 heterocycles. The van der Waals surface area contributed by atoms with Gasteiger partial charge < -0.3 is 14.6 Å². The van der Waals surface area contributed by atoms with Crippen LogP contribution in [0.3, 0.4) is 0 Å². The first-order valence-corrected chi connectivity index (χ1v) is 6.76. The monoisotopic (exact) mass is 258 g/mol. The number of hydrogen-bond acceptors (Lipinski definition) is 3. The van der Waals surface area contributed by atoms with Crippen molar-refractivity contribution in [2.75, 3.05) is 18.5 Å². The summed E-state index contributed by atoms with van der Waals surface area (Å²) in [5.41, 5.74) is 3.75. The van der Waals surface area contributed by atoms with E-state index in [1.54, 1.807) is 6.26 Å². The Morgan fingerprint density at radius 1 is 1.16 bits per heavy atom. The number of hydrogen-bond donors (Lipinski definition) is 1. The van der Waals surface area contributed by atoms with Crippen molar-refractivity contribution in [1.82, 2.24) is 5.32 Å². The summed E-state index contributed by atoms with van der Waals surface area (Å²) in [7, 11) is 1.95. The molecule has 0 radical (unpaired) electrons. The molecule has 0 atom stereocenters. The van der Waals surface area contributed by atoms with Gasteiger partial charge in [0.25, 0.3) is 0 Å². The van der Waals surface area contributed by atoms with Gasteiger partial charge in [-0.15, -0.1) is 0 Å². The van der Waals surface area contributed by atoms with E-state index in [0.717, 1.165) is 25.4 Å². The molecular weight excluding hydrogens is 236 g/mol. The van der Waals surface area contributed by atoms with Gasteiger partial charge in [0.1, 0.15) is 5.76 Å². The van der Waals surface area contributed by atoms with Crippen LogP contribution >= 0.6 is 0 Å². The second-order valence-electron chi connectivity index (χ2n) is 4.75. The highest BCUT2D eigenvalue weighted by Gasteiger charge is 2.11. The molecule has 0 aliphatic heterocycles. The Morgan fingerprint density at radius 2 is 1.89 bits per heavy atom. The summed E-state index contributed by atoms with van der Waals surface area (Å²) < 4.78 is 5.61. The Morgan fingerprint density at radius 3 is 2.53 bits per heavy atom. The second kappa shape index (κ2) is 6.43. The minimum absolute atomic E-state index is 0.809. The van der Waals surface area contributed by atoms with Crippen molar-refractivity contribution in [3.05, 3.63) is 53.5 Å². The lowest BCUT2D eigenvalue weighted by molar-refractivity contribution is 0.497. The third-order valence-electron chi connectivity index (χ3n) is 3.32. The van der Waals surface area contributed by atoms with Crippen molar-refractivity contribution in [3.8, 4) is 0 Å². The van der Waals surface area contributed by atoms with E-state index in [0.29, 0.717) is 0 Å². The zero-order chi connectivity index (χ0) is 13.7. The predicted molar refractivity (Wildman–Crippen MR) is 79.4 cm³/mol. The maximum Gasteiger partial charge on any atom is 0.127 e. The van der Waals surface area contributed by atoms with Crippen molar-refractivity contribution < 1.29 is 4.42 Å². The quantitative estimate of drug-likeness (QED) is 0.861. The van der Waals surface area contributed by atoms with Crippen molar-refractivity contribution in [3.63, 3.8) is 0 Å². The van der Waals surface area contributed by atoms with Crippen LogP contribution in [0.1, 0.15) is 23.8 Å². The summed E-state index contributed by atoms with van der Waals surface area (Å²) in [6.07, 6.45) is 1.77. The molecular formula is C16H22N2O. The summed E-state index contributed by atoms with van der Waals surface area (Å²) in [4.78, 5) is 2.32. The van der Waals surface area contributed by atoms with E-state index in [9.17, 15) is 0 Å². The van der Waals surface area contributed by atoms with Gasteiger partial charge in [0, 0.05) is 24.3 Å². The average Bonchev–Trinajstić information content (AvgIpc) is 2.85. The van der Waals surface area contributed by atoms with E-state index >= 15 is 0 Å². The van der Waals surface area contributed by atoms with Crippen LogP contribution in [0.4, 0.5) is 5.69 Å². The van der Waals surface area contributed by atoms with Crippen LogP contribution in [-0.4, -0.2) is 13.6 Å². The fourth-order valence-electron chi connectivity index (χ4n) is 2.17. The smallest absolute Gasteiger partial charge is 0.127 e. The van der Waals surface area contributed by atoms with Gasteiger partial charge in [-0.05, 0) is 39.1 Å². The van der Waals surface area contributed by atoms with E-state index in [1.807, 2.05) is 13.1 Å². The summed E-state index contributed by atoms with van der Waals surface area (Å²) in [5, 5.41) is 3.17. The molecule has 0 spiro atoms. The Bertz CT molecular complexity index is 502. The number of furan rings is 1. The first kappa shape index (κ1) is 13.7. The molecule has 1 aromatic carbocycles. The van der Waals surface area contributed by atoms with Crippen LogP contribution in [0.25, 0.3) is 0 Å². The number of nitrogens with one attached hydrogen (secondary N) is 1. The van der Waals surface area contributed by atoms with Crippen molar-refractivity contribution in [2.24, 2.45) is 0 Å². The molecule has 2 aromatic rings. The summed E-state index contributed by atoms with van der Waals surface area (Å²) >= 11 is 0. The largest absolute Gasteiger partial charge is 0.467 e. The lowest BCUT2D eigenvalue weighted by Crippen LogP contribution is -2.22. The fraction of sp³-hybridized carbons (Fsp3) is 0.375. The molecule has 1 aromatic heterocycles. The van der Waals surface area contributed by atoms with Crippen LogP contribution < -0.4 is 10.2 Å². The number of anilines is 1. The van der Waals surface area contributed by atoms with E-state index in [-0.39, 0.29) is 0 Å². The van der Waals surface area contributed by atoms with E-state index in [1.165, 1.54) is 16.8 Å². The highest BCUT2D eigenvalue weighted by atomic mass is 16.3. The normalized spacial score (nSPS) is 10.7. The second-order valence-corrected chi connectivity index (χ2v) is 4.75. The maximum atomic E-state index is 5.61. The molecule has 102 valence electrons. The van der Waals surface area contributed by atoms with Crippen LogP contribution in [0.2, 0.25) is 0 Å². The Kier molecular flexibility index (Phi) is 4.63. The molecule has 0 saturated heterocycles. The van der Waals surface area contributed by atoms with Crippen molar-refractivity contribution in [2.45, 2.75) is 26.9 Å². The van der Waals surface area contributed by atoms with Gasteiger partial charge in [-0.3, -0.25) is 0 Å². The maximum absolute atomic E-state index is 5.61. The van der Waals surface area contributed by atoms with Gasteiger partial charge in [-0.25, -0.2) is 0 Å². The lowest BCUT2D eigenvalue weighted by Gasteiger charge is -2.22. The van der Waals surface area contributed by atoms with E-state index in [4.69, 9.17) is 4.42 Å². The molecule has 2 rings (SSSR count). The van der Waals surface area contributed by atoms with Crippen LogP contribution in [-0.2, 0) is 13.1 Å². The molecule has 0 aliphatic carbocycles. The first-order valence-electron chi connectivity index (χ1n) is 6.76. The third kappa shape index (κ3) is 3.38. The van der Waals surface area contributed by atoms with Crippen LogP contribution in [0.15, 0.2) is 41.0 Å². The van der Waals surface area contributed by atoms with Gasteiger partial charge in [0.05, 0.1) is 12.8 Å². The molecule has 1 N–H and O–H groups in total. The zero-order valence-corrected chi connectivity index (χ0v) is 11.9. The predicted octanol–water partition coefficient (Wildman–Crippen LogP) is 3.33. The number of nitrogens with zero attached hydrogens (tertiary/aromatic N) is 1. The standard InChI is InChI=1S/C16H22N2O/c1-4-18(15-7-5-13(2)6-8-15)12-16-14(11-17-3)9-10-19-16/h5-10,17H,4,11-12H2,1-3H3. The summed E-state index contributed by atoms with van der Waals surface area (Å²) in [6.45, 7) is 6.89. The number of rotatable bonds is 6. The topological polar surface area (TPSA) is 28.4 Å². The number of aryl methyl sites for hydroxylation is 1. The fourth-order valence-corrected chi connectivity index (χ4v) is 2.17. The van der Waals surface area contributed by atoms with Gasteiger partial charge in [-0.2, -0.15) is 0 Å². The SMILES string of the molecule is CCN(Cc1occc1CNC)c1ccc(C)cc1. The molecule has 0 fully saturated rings. The van der Waals surface area contributed by atoms with E-state index in [2.05, 4.69) is 48.3 Å².